The maximum atomic E-state index is 13.8. The van der Waals surface area contributed by atoms with Crippen molar-refractivity contribution in [3.8, 4) is 0 Å². The smallest absolute Gasteiger partial charge is 0.200 e. The Labute approximate surface area is 107 Å². The van der Waals surface area contributed by atoms with Crippen molar-refractivity contribution in [1.29, 1.82) is 0 Å². The van der Waals surface area contributed by atoms with Gasteiger partial charge in [-0.1, -0.05) is 48.5 Å². The summed E-state index contributed by atoms with van der Waals surface area (Å²) in [5, 5.41) is 2.47. The Morgan fingerprint density at radius 1 is 0.684 bits per heavy atom. The van der Waals surface area contributed by atoms with Crippen LogP contribution in [0.5, 0.6) is 0 Å². The van der Waals surface area contributed by atoms with Crippen LogP contribution in [0, 0.1) is 0 Å². The van der Waals surface area contributed by atoms with Crippen LogP contribution in [0.25, 0.3) is 27.4 Å². The quantitative estimate of drug-likeness (QED) is 0.503. The van der Waals surface area contributed by atoms with E-state index in [9.17, 15) is 13.2 Å². The molecule has 0 bridgehead atoms. The monoisotopic (exact) mass is 258 g/mol. The fourth-order valence-electron chi connectivity index (χ4n) is 2.34. The summed E-state index contributed by atoms with van der Waals surface area (Å²) in [5.74, 6) is -1.45. The molecule has 0 radical (unpaired) electrons. The number of hydrogen-bond acceptors (Lipinski definition) is 0. The Hall–Kier alpha value is -2.29. The lowest BCUT2D eigenvalue weighted by atomic mass is 9.96. The molecule has 3 heteroatoms. The molecule has 3 aromatic rings. The molecule has 0 aromatic heterocycles. The molecule has 0 nitrogen and oxygen atoms in total. The molecule has 0 aliphatic heterocycles. The van der Waals surface area contributed by atoms with E-state index in [1.54, 1.807) is 48.5 Å². The van der Waals surface area contributed by atoms with Crippen molar-refractivity contribution < 1.29 is 13.2 Å². The maximum Gasteiger partial charge on any atom is 0.306 e. The third kappa shape index (κ3) is 1.87. The third-order valence-electron chi connectivity index (χ3n) is 3.16. The van der Waals surface area contributed by atoms with E-state index in [1.165, 1.54) is 0 Å². The first-order chi connectivity index (χ1) is 9.18. The van der Waals surface area contributed by atoms with E-state index >= 15 is 0 Å². The second kappa shape index (κ2) is 4.43. The molecule has 3 aromatic carbocycles. The van der Waals surface area contributed by atoms with E-state index in [0.29, 0.717) is 10.8 Å². The van der Waals surface area contributed by atoms with Gasteiger partial charge in [-0.3, -0.25) is 0 Å². The van der Waals surface area contributed by atoms with Crippen molar-refractivity contribution in [2.45, 2.75) is 0 Å². The molecular formula is C16H9F3. The maximum absolute atomic E-state index is 13.8. The van der Waals surface area contributed by atoms with Gasteiger partial charge in [0.2, 0.25) is 0 Å². The van der Waals surface area contributed by atoms with Crippen LogP contribution < -0.4 is 0 Å². The lowest BCUT2D eigenvalue weighted by Crippen LogP contribution is -1.87. The normalized spacial score (nSPS) is 10.9. The molecule has 0 fully saturated rings. The molecule has 0 saturated carbocycles. The molecule has 0 heterocycles. The number of fused-ring (bicyclic) bond motifs is 2. The van der Waals surface area contributed by atoms with Gasteiger partial charge in [0, 0.05) is 5.56 Å². The van der Waals surface area contributed by atoms with E-state index in [2.05, 4.69) is 0 Å². The summed E-state index contributed by atoms with van der Waals surface area (Å²) in [5.41, 5.74) is -0.0336. The highest BCUT2D eigenvalue weighted by atomic mass is 19.3. The second-order valence-corrected chi connectivity index (χ2v) is 4.27. The third-order valence-corrected chi connectivity index (χ3v) is 3.16. The van der Waals surface area contributed by atoms with Crippen molar-refractivity contribution in [3.05, 3.63) is 66.2 Å². The molecule has 0 atom stereocenters. The zero-order valence-corrected chi connectivity index (χ0v) is 9.83. The van der Waals surface area contributed by atoms with Gasteiger partial charge in [-0.2, -0.15) is 8.78 Å². The molecule has 0 N–H and O–H groups in total. The lowest BCUT2D eigenvalue weighted by Gasteiger charge is -2.09. The zero-order chi connectivity index (χ0) is 13.4. The van der Waals surface area contributed by atoms with Gasteiger partial charge in [-0.15, -0.1) is 0 Å². The first-order valence-corrected chi connectivity index (χ1v) is 5.80. The number of benzene rings is 3. The van der Waals surface area contributed by atoms with E-state index in [0.717, 1.165) is 10.8 Å². The Morgan fingerprint density at radius 3 is 1.63 bits per heavy atom. The minimum absolute atomic E-state index is 0.0336. The van der Waals surface area contributed by atoms with Gasteiger partial charge in [0.1, 0.15) is 0 Å². The summed E-state index contributed by atoms with van der Waals surface area (Å²) in [6.07, 6.45) is -2.29. The highest BCUT2D eigenvalue weighted by Gasteiger charge is 2.15. The predicted molar refractivity (Wildman–Crippen MR) is 71.7 cm³/mol. The Bertz CT molecular complexity index is 745. The van der Waals surface area contributed by atoms with Crippen LogP contribution in [-0.2, 0) is 0 Å². The fourth-order valence-corrected chi connectivity index (χ4v) is 2.34. The minimum atomic E-state index is -2.29. The van der Waals surface area contributed by atoms with Crippen molar-refractivity contribution >= 4 is 27.4 Å². The first kappa shape index (κ1) is 11.8. The van der Waals surface area contributed by atoms with E-state index in [4.69, 9.17) is 0 Å². The topological polar surface area (TPSA) is 0 Å². The Kier molecular flexibility index (Phi) is 2.75. The number of halogens is 3. The van der Waals surface area contributed by atoms with Crippen LogP contribution >= 0.6 is 0 Å². The van der Waals surface area contributed by atoms with Gasteiger partial charge in [0.15, 0.2) is 5.83 Å². The summed E-state index contributed by atoms with van der Waals surface area (Å²) in [6, 6.07) is 15.8. The van der Waals surface area contributed by atoms with Gasteiger partial charge in [-0.25, -0.2) is 4.39 Å². The molecule has 0 unspecified atom stereocenters. The summed E-state index contributed by atoms with van der Waals surface area (Å²) in [7, 11) is 0. The molecule has 0 aliphatic rings. The van der Waals surface area contributed by atoms with Crippen LogP contribution in [-0.4, -0.2) is 0 Å². The van der Waals surface area contributed by atoms with E-state index in [-0.39, 0.29) is 5.56 Å². The molecule has 19 heavy (non-hydrogen) atoms. The van der Waals surface area contributed by atoms with E-state index in [1.807, 2.05) is 6.07 Å². The standard InChI is InChI=1S/C16H9F3/c17-15(16(18)19)14-12-7-3-1-5-10(12)9-11-6-2-4-8-13(11)14/h1-9H. The van der Waals surface area contributed by atoms with Crippen molar-refractivity contribution in [3.63, 3.8) is 0 Å². The predicted octanol–water partition coefficient (Wildman–Crippen LogP) is 5.53. The molecule has 0 spiro atoms. The number of rotatable bonds is 1. The van der Waals surface area contributed by atoms with E-state index < -0.39 is 11.9 Å². The fraction of sp³-hybridized carbons (Fsp3) is 0. The minimum Gasteiger partial charge on any atom is -0.200 e. The highest BCUT2D eigenvalue weighted by Crippen LogP contribution is 2.35. The SMILES string of the molecule is FC(F)=C(F)c1c2ccccc2cc2ccccc12. The largest absolute Gasteiger partial charge is 0.306 e. The van der Waals surface area contributed by atoms with Crippen LogP contribution in [0.1, 0.15) is 5.56 Å². The second-order valence-electron chi connectivity index (χ2n) is 4.27. The summed E-state index contributed by atoms with van der Waals surface area (Å²) in [6.45, 7) is 0. The highest BCUT2D eigenvalue weighted by molar-refractivity contribution is 6.08. The van der Waals surface area contributed by atoms with Gasteiger partial charge < -0.3 is 0 Å². The van der Waals surface area contributed by atoms with Gasteiger partial charge in [0.25, 0.3) is 0 Å². The molecular weight excluding hydrogens is 249 g/mol. The van der Waals surface area contributed by atoms with Gasteiger partial charge in [0.05, 0.1) is 0 Å². The molecule has 0 amide bonds. The van der Waals surface area contributed by atoms with Crippen molar-refractivity contribution in [1.82, 2.24) is 0 Å². The van der Waals surface area contributed by atoms with Crippen LogP contribution in [0.2, 0.25) is 0 Å². The van der Waals surface area contributed by atoms with Crippen molar-refractivity contribution in [2.24, 2.45) is 0 Å². The van der Waals surface area contributed by atoms with Gasteiger partial charge in [-0.05, 0) is 27.6 Å². The average Bonchev–Trinajstić information content (AvgIpc) is 2.43. The van der Waals surface area contributed by atoms with Crippen LogP contribution in [0.4, 0.5) is 13.2 Å². The van der Waals surface area contributed by atoms with Gasteiger partial charge >= 0.3 is 6.08 Å². The molecule has 94 valence electrons. The summed E-state index contributed by atoms with van der Waals surface area (Å²) >= 11 is 0. The lowest BCUT2D eigenvalue weighted by molar-refractivity contribution is 0.411. The summed E-state index contributed by atoms with van der Waals surface area (Å²) < 4.78 is 39.2. The molecule has 3 rings (SSSR count). The molecule has 0 aliphatic carbocycles. The van der Waals surface area contributed by atoms with Crippen LogP contribution in [0.3, 0.4) is 0 Å². The zero-order valence-electron chi connectivity index (χ0n) is 9.83. The first-order valence-electron chi connectivity index (χ1n) is 5.80. The van der Waals surface area contributed by atoms with Crippen molar-refractivity contribution in [2.75, 3.05) is 0 Å². The van der Waals surface area contributed by atoms with Crippen LogP contribution in [0.15, 0.2) is 60.7 Å². The Balaban J connectivity index is 2.58. The Morgan fingerprint density at radius 2 is 1.16 bits per heavy atom. The molecule has 0 saturated heterocycles. The summed E-state index contributed by atoms with van der Waals surface area (Å²) in [4.78, 5) is 0. The average molecular weight is 258 g/mol. The number of hydrogen-bond donors (Lipinski definition) is 0.